The van der Waals surface area contributed by atoms with Gasteiger partial charge in [0.05, 0.1) is 4.83 Å². The van der Waals surface area contributed by atoms with Crippen LogP contribution in [-0.2, 0) is 5.41 Å². The van der Waals surface area contributed by atoms with Gasteiger partial charge in [0, 0.05) is 13.3 Å². The fourth-order valence-electron chi connectivity index (χ4n) is 1.72. The summed E-state index contributed by atoms with van der Waals surface area (Å²) in [6.45, 7) is 6.78. The lowest BCUT2D eigenvalue weighted by molar-refractivity contribution is 0.604. The maximum absolute atomic E-state index is 3.82. The summed E-state index contributed by atoms with van der Waals surface area (Å²) in [7, 11) is 0. The highest BCUT2D eigenvalue weighted by atomic mass is 127. The van der Waals surface area contributed by atoms with E-state index in [0.29, 0.717) is 4.83 Å². The molecule has 0 fully saturated rings. The highest BCUT2D eigenvalue weighted by Gasteiger charge is 2.19. The van der Waals surface area contributed by atoms with Crippen molar-refractivity contribution in [1.82, 2.24) is 0 Å². The van der Waals surface area contributed by atoms with Gasteiger partial charge in [-0.2, -0.15) is 0 Å². The molecule has 0 saturated heterocycles. The topological polar surface area (TPSA) is 0 Å². The molecular formula is C15H16BrIS. The Balaban J connectivity index is 2.29. The maximum atomic E-state index is 3.82. The minimum Gasteiger partial charge on any atom is -0.143 e. The first kappa shape index (κ1) is 14.5. The lowest BCUT2D eigenvalue weighted by Gasteiger charge is -2.15. The molecule has 0 aliphatic heterocycles. The summed E-state index contributed by atoms with van der Waals surface area (Å²) < 4.78 is 1.28. The van der Waals surface area contributed by atoms with Crippen LogP contribution in [-0.4, -0.2) is 0 Å². The molecule has 2 aromatic rings. The first-order valence-corrected chi connectivity index (χ1v) is 8.69. The second kappa shape index (κ2) is 5.63. The van der Waals surface area contributed by atoms with E-state index >= 15 is 0 Å². The Morgan fingerprint density at radius 2 is 1.89 bits per heavy atom. The molecule has 1 atom stereocenters. The summed E-state index contributed by atoms with van der Waals surface area (Å²) >= 11 is 8.07. The molecule has 0 spiro atoms. The average Bonchev–Trinajstić information content (AvgIpc) is 2.77. The zero-order chi connectivity index (χ0) is 13.3. The minimum absolute atomic E-state index is 0.237. The molecule has 1 heterocycles. The van der Waals surface area contributed by atoms with Crippen LogP contribution in [0.25, 0.3) is 0 Å². The van der Waals surface area contributed by atoms with E-state index in [2.05, 4.69) is 95.7 Å². The van der Waals surface area contributed by atoms with Crippen molar-refractivity contribution in [2.45, 2.75) is 31.0 Å². The first-order chi connectivity index (χ1) is 8.38. The number of hydrogen-bond donors (Lipinski definition) is 0. The molecule has 0 nitrogen and oxygen atoms in total. The Morgan fingerprint density at radius 1 is 1.17 bits per heavy atom. The van der Waals surface area contributed by atoms with Crippen LogP contribution in [0.15, 0.2) is 36.4 Å². The third kappa shape index (κ3) is 3.36. The van der Waals surface area contributed by atoms with E-state index in [4.69, 9.17) is 0 Å². The molecule has 0 bridgehead atoms. The van der Waals surface area contributed by atoms with E-state index in [1.54, 1.807) is 0 Å². The smallest absolute Gasteiger partial charge is 0.0738 e. The van der Waals surface area contributed by atoms with Crippen molar-refractivity contribution in [3.8, 4) is 0 Å². The summed E-state index contributed by atoms with van der Waals surface area (Å²) in [5, 5.41) is 0. The average molecular weight is 435 g/mol. The van der Waals surface area contributed by atoms with Crippen LogP contribution >= 0.6 is 49.9 Å². The quantitative estimate of drug-likeness (QED) is 0.393. The van der Waals surface area contributed by atoms with Gasteiger partial charge in [-0.05, 0) is 57.8 Å². The van der Waals surface area contributed by atoms with Gasteiger partial charge in [-0.3, -0.25) is 0 Å². The molecule has 0 amide bonds. The van der Waals surface area contributed by atoms with Crippen LogP contribution in [0, 0.1) is 3.57 Å². The van der Waals surface area contributed by atoms with Crippen LogP contribution in [0.3, 0.4) is 0 Å². The van der Waals surface area contributed by atoms with Crippen LogP contribution in [0.2, 0.25) is 0 Å². The van der Waals surface area contributed by atoms with Crippen molar-refractivity contribution in [1.29, 1.82) is 0 Å². The van der Waals surface area contributed by atoms with E-state index in [9.17, 15) is 0 Å². The highest BCUT2D eigenvalue weighted by molar-refractivity contribution is 14.1. The second-order valence-electron chi connectivity index (χ2n) is 5.37. The van der Waals surface area contributed by atoms with E-state index in [0.717, 1.165) is 0 Å². The summed E-state index contributed by atoms with van der Waals surface area (Å²) in [6, 6.07) is 13.1. The van der Waals surface area contributed by atoms with Gasteiger partial charge in [0.25, 0.3) is 0 Å². The molecule has 0 aliphatic carbocycles. The molecule has 0 N–H and O–H groups in total. The van der Waals surface area contributed by atoms with Gasteiger partial charge in [-0.1, -0.05) is 48.8 Å². The number of hydrogen-bond acceptors (Lipinski definition) is 1. The van der Waals surface area contributed by atoms with Crippen molar-refractivity contribution in [2.75, 3.05) is 0 Å². The SMILES string of the molecule is CC(C)(C)c1ccc(C(Br)c2cccc(I)c2)s1. The molecule has 0 saturated carbocycles. The van der Waals surface area contributed by atoms with Gasteiger partial charge >= 0.3 is 0 Å². The number of benzene rings is 1. The van der Waals surface area contributed by atoms with Crippen molar-refractivity contribution >= 4 is 49.9 Å². The van der Waals surface area contributed by atoms with E-state index < -0.39 is 0 Å². The van der Waals surface area contributed by atoms with Gasteiger partial charge in [0.1, 0.15) is 0 Å². The van der Waals surface area contributed by atoms with Crippen LogP contribution < -0.4 is 0 Å². The van der Waals surface area contributed by atoms with Crippen molar-refractivity contribution in [3.63, 3.8) is 0 Å². The molecule has 1 aromatic heterocycles. The Kier molecular flexibility index (Phi) is 4.55. The highest BCUT2D eigenvalue weighted by Crippen LogP contribution is 2.38. The Labute approximate surface area is 135 Å². The molecule has 3 heteroatoms. The standard InChI is InChI=1S/C15H16BrIS/c1-15(2,3)13-8-7-12(18-13)14(16)10-5-4-6-11(17)9-10/h4-9,14H,1-3H3. The largest absolute Gasteiger partial charge is 0.143 e. The molecule has 18 heavy (non-hydrogen) atoms. The molecule has 1 aromatic carbocycles. The number of thiophene rings is 1. The number of alkyl halides is 1. The lowest BCUT2D eigenvalue weighted by Crippen LogP contribution is -2.07. The van der Waals surface area contributed by atoms with Crippen LogP contribution in [0.5, 0.6) is 0 Å². The van der Waals surface area contributed by atoms with Gasteiger partial charge in [-0.25, -0.2) is 0 Å². The Hall–Kier alpha value is 0.130. The fraction of sp³-hybridized carbons (Fsp3) is 0.333. The summed E-state index contributed by atoms with van der Waals surface area (Å²) in [4.78, 5) is 3.11. The van der Waals surface area contributed by atoms with Gasteiger partial charge in [0.15, 0.2) is 0 Å². The molecule has 0 aliphatic rings. The number of rotatable bonds is 2. The normalized spacial score (nSPS) is 13.6. The van der Waals surface area contributed by atoms with E-state index in [1.807, 2.05) is 11.3 Å². The first-order valence-electron chi connectivity index (χ1n) is 5.87. The predicted octanol–water partition coefficient (Wildman–Crippen LogP) is 6.13. The van der Waals surface area contributed by atoms with Gasteiger partial charge in [0.2, 0.25) is 0 Å². The third-order valence-corrected chi connectivity index (χ3v) is 6.33. The predicted molar refractivity (Wildman–Crippen MR) is 92.9 cm³/mol. The Bertz CT molecular complexity index is 539. The van der Waals surface area contributed by atoms with Gasteiger partial charge < -0.3 is 0 Å². The van der Waals surface area contributed by atoms with Crippen molar-refractivity contribution in [3.05, 3.63) is 55.3 Å². The summed E-state index contributed by atoms with van der Waals surface area (Å²) in [6.07, 6.45) is 0. The molecule has 96 valence electrons. The second-order valence-corrected chi connectivity index (χ2v) is 8.65. The zero-order valence-electron chi connectivity index (χ0n) is 10.7. The molecule has 0 radical (unpaired) electrons. The van der Waals surface area contributed by atoms with E-state index in [-0.39, 0.29) is 5.41 Å². The summed E-state index contributed by atoms with van der Waals surface area (Å²) in [5.74, 6) is 0. The minimum atomic E-state index is 0.237. The third-order valence-electron chi connectivity index (χ3n) is 2.76. The fourth-order valence-corrected chi connectivity index (χ4v) is 4.08. The maximum Gasteiger partial charge on any atom is 0.0738 e. The summed E-state index contributed by atoms with van der Waals surface area (Å²) in [5.41, 5.74) is 1.56. The monoisotopic (exact) mass is 434 g/mol. The molecule has 1 unspecified atom stereocenters. The lowest BCUT2D eigenvalue weighted by atomic mass is 9.95. The van der Waals surface area contributed by atoms with Crippen LogP contribution in [0.1, 0.15) is 40.9 Å². The number of halogens is 2. The van der Waals surface area contributed by atoms with Crippen molar-refractivity contribution in [2.24, 2.45) is 0 Å². The zero-order valence-corrected chi connectivity index (χ0v) is 15.3. The Morgan fingerprint density at radius 3 is 2.44 bits per heavy atom. The molecular weight excluding hydrogens is 419 g/mol. The van der Waals surface area contributed by atoms with E-state index in [1.165, 1.54) is 18.9 Å². The van der Waals surface area contributed by atoms with Gasteiger partial charge in [-0.15, -0.1) is 11.3 Å². The van der Waals surface area contributed by atoms with Crippen molar-refractivity contribution < 1.29 is 0 Å². The van der Waals surface area contributed by atoms with Crippen LogP contribution in [0.4, 0.5) is 0 Å². The molecule has 2 rings (SSSR count).